The first-order valence-corrected chi connectivity index (χ1v) is 13.2. The number of carbonyl (C=O) groups excluding carboxylic acids is 1. The lowest BCUT2D eigenvalue weighted by atomic mass is 10.1. The molecule has 0 unspecified atom stereocenters. The largest absolute Gasteiger partial charge is 0.493 e. The van der Waals surface area contributed by atoms with E-state index in [9.17, 15) is 9.18 Å². The number of amides is 1. The predicted octanol–water partition coefficient (Wildman–Crippen LogP) is 4.09. The number of carbonyl (C=O) groups is 1. The Kier molecular flexibility index (Phi) is 8.58. The summed E-state index contributed by atoms with van der Waals surface area (Å²) in [5.41, 5.74) is 8.36. The van der Waals surface area contributed by atoms with Gasteiger partial charge in [0.2, 0.25) is 5.91 Å². The molecule has 1 fully saturated rings. The summed E-state index contributed by atoms with van der Waals surface area (Å²) in [6.07, 6.45) is 6.86. The van der Waals surface area contributed by atoms with E-state index in [4.69, 9.17) is 10.5 Å². The molecule has 0 atom stereocenters. The van der Waals surface area contributed by atoms with Gasteiger partial charge in [-0.3, -0.25) is 9.78 Å². The van der Waals surface area contributed by atoms with Gasteiger partial charge in [0.1, 0.15) is 29.4 Å². The fourth-order valence-corrected chi connectivity index (χ4v) is 4.65. The van der Waals surface area contributed by atoms with Gasteiger partial charge < -0.3 is 25.6 Å². The lowest BCUT2D eigenvalue weighted by Gasteiger charge is -2.32. The van der Waals surface area contributed by atoms with Gasteiger partial charge in [0.05, 0.1) is 12.1 Å². The number of anilines is 2. The number of pyridine rings is 1. The molecule has 0 spiro atoms. The van der Waals surface area contributed by atoms with Crippen molar-refractivity contribution in [1.29, 1.82) is 0 Å². The summed E-state index contributed by atoms with van der Waals surface area (Å²) in [5.74, 6) is 0.219. The van der Waals surface area contributed by atoms with E-state index in [1.807, 2.05) is 30.3 Å². The zero-order valence-electron chi connectivity index (χ0n) is 22.4. The van der Waals surface area contributed by atoms with E-state index >= 15 is 0 Å². The van der Waals surface area contributed by atoms with Crippen LogP contribution >= 0.6 is 0 Å². The Bertz CT molecular complexity index is 1520. The zero-order valence-corrected chi connectivity index (χ0v) is 22.4. The van der Waals surface area contributed by atoms with Crippen molar-refractivity contribution in [3.63, 3.8) is 0 Å². The third-order valence-corrected chi connectivity index (χ3v) is 6.82. The van der Waals surface area contributed by atoms with Gasteiger partial charge in [0, 0.05) is 73.3 Å². The number of primary amides is 1. The minimum atomic E-state index is -0.553. The van der Waals surface area contributed by atoms with Crippen LogP contribution in [0.5, 0.6) is 5.75 Å². The van der Waals surface area contributed by atoms with Gasteiger partial charge in [0.25, 0.3) is 0 Å². The number of nitrogens with zero attached hydrogens (tertiary/aromatic N) is 5. The fraction of sp³-hybridized carbons (Fsp3) is 0.267. The Labute approximate surface area is 232 Å². The molecule has 0 saturated carbocycles. The van der Waals surface area contributed by atoms with Gasteiger partial charge in [-0.25, -0.2) is 14.4 Å². The summed E-state index contributed by atoms with van der Waals surface area (Å²) >= 11 is 0. The lowest BCUT2D eigenvalue weighted by molar-refractivity contribution is -0.113. The summed E-state index contributed by atoms with van der Waals surface area (Å²) in [4.78, 5) is 29.3. The number of nitrogens with one attached hydrogen (secondary N) is 1. The first-order chi connectivity index (χ1) is 19.5. The predicted molar refractivity (Wildman–Crippen MR) is 155 cm³/mol. The van der Waals surface area contributed by atoms with Crippen LogP contribution in [0.1, 0.15) is 12.0 Å². The van der Waals surface area contributed by atoms with Crippen LogP contribution < -0.4 is 15.8 Å². The number of benzene rings is 2. The fourth-order valence-electron chi connectivity index (χ4n) is 4.65. The zero-order chi connectivity index (χ0) is 27.9. The van der Waals surface area contributed by atoms with E-state index in [0.717, 1.165) is 44.5 Å². The Morgan fingerprint density at radius 2 is 1.95 bits per heavy atom. The molecular weight excluding hydrogens is 509 g/mol. The molecule has 1 amide bonds. The molecule has 1 aliphatic heterocycles. The standard InChI is InChI=1S/C30H32FN7O2/c1-37-12-14-38(15-13-37)11-4-16-40-27-19-26-24(18-21(27)8-9-28(32)39)30(35-20-34-26)36-23-6-2-5-22(17-23)29-25(31)7-3-10-33-29/h2-3,5-10,17-20H,4,11-16H2,1H3,(H2,32,39)(H,34,35,36). The number of likely N-dealkylation sites (N-methyl/N-ethyl adjacent to an activating group) is 1. The molecule has 0 aliphatic carbocycles. The van der Waals surface area contributed by atoms with Crippen molar-refractivity contribution in [3.05, 3.63) is 78.5 Å². The highest BCUT2D eigenvalue weighted by Gasteiger charge is 2.14. The highest BCUT2D eigenvalue weighted by molar-refractivity contribution is 5.96. The normalized spacial score (nSPS) is 14.6. The van der Waals surface area contributed by atoms with E-state index < -0.39 is 11.7 Å². The molecule has 4 aromatic rings. The van der Waals surface area contributed by atoms with Crippen LogP contribution in [0.4, 0.5) is 15.9 Å². The third-order valence-electron chi connectivity index (χ3n) is 6.82. The summed E-state index contributed by atoms with van der Waals surface area (Å²) in [5, 5.41) is 4.04. The third kappa shape index (κ3) is 6.77. The maximum absolute atomic E-state index is 14.3. The average molecular weight is 542 g/mol. The van der Waals surface area contributed by atoms with Crippen LogP contribution in [0.25, 0.3) is 28.2 Å². The maximum atomic E-state index is 14.3. The first kappa shape index (κ1) is 27.2. The van der Waals surface area contributed by atoms with E-state index in [1.165, 1.54) is 18.5 Å². The number of ether oxygens (including phenoxy) is 1. The summed E-state index contributed by atoms with van der Waals surface area (Å²) in [7, 11) is 2.15. The minimum Gasteiger partial charge on any atom is -0.493 e. The van der Waals surface area contributed by atoms with Crippen LogP contribution in [0.2, 0.25) is 0 Å². The molecule has 2 aromatic carbocycles. The van der Waals surface area contributed by atoms with Gasteiger partial charge in [-0.05, 0) is 49.9 Å². The van der Waals surface area contributed by atoms with Gasteiger partial charge in [-0.15, -0.1) is 0 Å². The van der Waals surface area contributed by atoms with Gasteiger partial charge >= 0.3 is 0 Å². The van der Waals surface area contributed by atoms with E-state index in [1.54, 1.807) is 24.4 Å². The SMILES string of the molecule is CN1CCN(CCCOc2cc3ncnc(Nc4cccc(-c5ncccc5F)c4)c3cc2C=CC(N)=O)CC1. The quantitative estimate of drug-likeness (QED) is 0.228. The van der Waals surface area contributed by atoms with Crippen molar-refractivity contribution < 1.29 is 13.9 Å². The molecule has 1 saturated heterocycles. The van der Waals surface area contributed by atoms with Crippen molar-refractivity contribution >= 4 is 34.4 Å². The molecule has 5 rings (SSSR count). The van der Waals surface area contributed by atoms with Crippen LogP contribution in [0.15, 0.2) is 67.1 Å². The smallest absolute Gasteiger partial charge is 0.241 e. The molecule has 3 N–H and O–H groups in total. The van der Waals surface area contributed by atoms with E-state index in [-0.39, 0.29) is 5.69 Å². The van der Waals surface area contributed by atoms with Crippen molar-refractivity contribution in [3.8, 4) is 17.0 Å². The maximum Gasteiger partial charge on any atom is 0.241 e. The lowest BCUT2D eigenvalue weighted by Crippen LogP contribution is -2.44. The Balaban J connectivity index is 1.37. The number of nitrogens with two attached hydrogens (primary N) is 1. The number of fused-ring (bicyclic) bond motifs is 1. The van der Waals surface area contributed by atoms with E-state index in [0.29, 0.717) is 40.5 Å². The average Bonchev–Trinajstić information content (AvgIpc) is 2.95. The molecule has 206 valence electrons. The number of rotatable bonds is 10. The summed E-state index contributed by atoms with van der Waals surface area (Å²) < 4.78 is 20.5. The van der Waals surface area contributed by atoms with Crippen molar-refractivity contribution in [2.45, 2.75) is 6.42 Å². The molecule has 3 heterocycles. The number of aromatic nitrogens is 3. The van der Waals surface area contributed by atoms with Crippen LogP contribution in [0.3, 0.4) is 0 Å². The number of hydrogen-bond acceptors (Lipinski definition) is 8. The molecule has 40 heavy (non-hydrogen) atoms. The topological polar surface area (TPSA) is 110 Å². The van der Waals surface area contributed by atoms with Crippen LogP contribution in [-0.2, 0) is 4.79 Å². The molecule has 2 aromatic heterocycles. The molecule has 0 bridgehead atoms. The van der Waals surface area contributed by atoms with Gasteiger partial charge in [-0.1, -0.05) is 12.1 Å². The first-order valence-electron chi connectivity index (χ1n) is 13.2. The summed E-state index contributed by atoms with van der Waals surface area (Å²) in [6, 6.07) is 14.0. The molecule has 1 aliphatic rings. The minimum absolute atomic E-state index is 0.270. The van der Waals surface area contributed by atoms with E-state index in [2.05, 4.69) is 37.1 Å². The monoisotopic (exact) mass is 541 g/mol. The number of piperazine rings is 1. The summed E-state index contributed by atoms with van der Waals surface area (Å²) in [6.45, 7) is 5.77. The second kappa shape index (κ2) is 12.6. The molecule has 0 radical (unpaired) electrons. The van der Waals surface area contributed by atoms with Gasteiger partial charge in [-0.2, -0.15) is 0 Å². The molecular formula is C30H32FN7O2. The van der Waals surface area contributed by atoms with Crippen LogP contribution in [-0.4, -0.2) is 77.0 Å². The Hall–Kier alpha value is -4.41. The van der Waals surface area contributed by atoms with Gasteiger partial charge in [0.15, 0.2) is 0 Å². The Morgan fingerprint density at radius 1 is 1.10 bits per heavy atom. The second-order valence-corrected chi connectivity index (χ2v) is 9.75. The highest BCUT2D eigenvalue weighted by Crippen LogP contribution is 2.32. The highest BCUT2D eigenvalue weighted by atomic mass is 19.1. The van der Waals surface area contributed by atoms with Crippen LogP contribution in [0, 0.1) is 5.82 Å². The molecule has 9 nitrogen and oxygen atoms in total. The Morgan fingerprint density at radius 3 is 2.75 bits per heavy atom. The van der Waals surface area contributed by atoms with Crippen molar-refractivity contribution in [2.75, 3.05) is 51.7 Å². The van der Waals surface area contributed by atoms with Crippen molar-refractivity contribution in [1.82, 2.24) is 24.8 Å². The van der Waals surface area contributed by atoms with Crippen molar-refractivity contribution in [2.24, 2.45) is 5.73 Å². The number of halogens is 1. The second-order valence-electron chi connectivity index (χ2n) is 9.75. The number of hydrogen-bond donors (Lipinski definition) is 2. The molecule has 10 heteroatoms.